The number of hydrogen-bond donors (Lipinski definition) is 0. The second-order valence-electron chi connectivity index (χ2n) is 3.93. The number of benzene rings is 1. The van der Waals surface area contributed by atoms with Crippen LogP contribution in [0.2, 0.25) is 0 Å². The van der Waals surface area contributed by atoms with Crippen LogP contribution in [0.25, 0.3) is 6.08 Å². The van der Waals surface area contributed by atoms with Gasteiger partial charge in [-0.2, -0.15) is 0 Å². The van der Waals surface area contributed by atoms with Crippen LogP contribution in [0.3, 0.4) is 0 Å². The Bertz CT molecular complexity index is 361. The van der Waals surface area contributed by atoms with Gasteiger partial charge in [-0.3, -0.25) is 4.79 Å². The summed E-state index contributed by atoms with van der Waals surface area (Å²) in [5, 5.41) is 0. The summed E-state index contributed by atoms with van der Waals surface area (Å²) in [7, 11) is 0. The molecule has 0 heterocycles. The van der Waals surface area contributed by atoms with Crippen LogP contribution < -0.4 is 4.74 Å². The average Bonchev–Trinajstić information content (AvgIpc) is 2.27. The van der Waals surface area contributed by atoms with Crippen LogP contribution in [-0.2, 0) is 4.79 Å². The van der Waals surface area contributed by atoms with E-state index in [9.17, 15) is 4.79 Å². The number of allylic oxidation sites excluding steroid dienone is 1. The third-order valence-corrected chi connectivity index (χ3v) is 2.16. The Hall–Kier alpha value is -1.57. The summed E-state index contributed by atoms with van der Waals surface area (Å²) in [5.41, 5.74) is 1.83. The first kappa shape index (κ1) is 12.5. The molecule has 0 fully saturated rings. The lowest BCUT2D eigenvalue weighted by molar-refractivity contribution is -0.104. The third-order valence-electron chi connectivity index (χ3n) is 2.16. The Morgan fingerprint density at radius 2 is 1.94 bits per heavy atom. The van der Waals surface area contributed by atoms with Gasteiger partial charge in [0, 0.05) is 0 Å². The number of ether oxygens (including phenoxy) is 1. The molecule has 16 heavy (non-hydrogen) atoms. The molecule has 0 atom stereocenters. The van der Waals surface area contributed by atoms with Gasteiger partial charge < -0.3 is 4.74 Å². The summed E-state index contributed by atoms with van der Waals surface area (Å²) >= 11 is 0. The average molecular weight is 218 g/mol. The second kappa shape index (κ2) is 6.11. The maximum Gasteiger partial charge on any atom is 0.146 e. The molecule has 0 bridgehead atoms. The van der Waals surface area contributed by atoms with E-state index in [0.717, 1.165) is 29.6 Å². The van der Waals surface area contributed by atoms with Crippen molar-refractivity contribution in [2.75, 3.05) is 0 Å². The molecule has 0 aliphatic heterocycles. The molecular weight excluding hydrogens is 200 g/mol. The molecule has 0 saturated carbocycles. The van der Waals surface area contributed by atoms with Crippen molar-refractivity contribution in [2.24, 2.45) is 0 Å². The monoisotopic (exact) mass is 218 g/mol. The molecule has 1 aromatic rings. The minimum atomic E-state index is 0.183. The molecule has 0 N–H and O–H groups in total. The molecule has 86 valence electrons. The van der Waals surface area contributed by atoms with E-state index in [-0.39, 0.29) is 6.10 Å². The fourth-order valence-corrected chi connectivity index (χ4v) is 1.35. The van der Waals surface area contributed by atoms with Crippen LogP contribution in [0.15, 0.2) is 29.8 Å². The highest BCUT2D eigenvalue weighted by Gasteiger charge is 1.97. The Balaban J connectivity index is 2.78. The van der Waals surface area contributed by atoms with Gasteiger partial charge in [0.05, 0.1) is 6.10 Å². The molecule has 0 radical (unpaired) electrons. The van der Waals surface area contributed by atoms with E-state index in [1.807, 2.05) is 51.1 Å². The van der Waals surface area contributed by atoms with Crippen LogP contribution in [0.1, 0.15) is 32.8 Å². The zero-order valence-electron chi connectivity index (χ0n) is 10.1. The van der Waals surface area contributed by atoms with Crippen molar-refractivity contribution in [1.82, 2.24) is 0 Å². The summed E-state index contributed by atoms with van der Waals surface area (Å²) in [6.07, 6.45) is 3.74. The van der Waals surface area contributed by atoms with Gasteiger partial charge in [0.25, 0.3) is 0 Å². The largest absolute Gasteiger partial charge is 0.491 e. The molecule has 0 aromatic heterocycles. The van der Waals surface area contributed by atoms with Crippen molar-refractivity contribution >= 4 is 12.4 Å². The first-order valence-corrected chi connectivity index (χ1v) is 5.58. The normalized spacial score (nSPS) is 11.6. The number of carbonyl (C=O) groups excluding carboxylic acids is 1. The van der Waals surface area contributed by atoms with Crippen LogP contribution in [0, 0.1) is 0 Å². The van der Waals surface area contributed by atoms with Gasteiger partial charge in [-0.25, -0.2) is 0 Å². The third kappa shape index (κ3) is 3.89. The van der Waals surface area contributed by atoms with E-state index < -0.39 is 0 Å². The fourth-order valence-electron chi connectivity index (χ4n) is 1.35. The summed E-state index contributed by atoms with van der Waals surface area (Å²) in [6, 6.07) is 7.75. The smallest absolute Gasteiger partial charge is 0.146 e. The van der Waals surface area contributed by atoms with Crippen molar-refractivity contribution in [3.05, 3.63) is 35.4 Å². The molecule has 0 amide bonds. The van der Waals surface area contributed by atoms with Gasteiger partial charge in [-0.15, -0.1) is 0 Å². The maximum atomic E-state index is 10.7. The van der Waals surface area contributed by atoms with Crippen molar-refractivity contribution < 1.29 is 9.53 Å². The molecular formula is C14H18O2. The Labute approximate surface area is 96.9 Å². The zero-order valence-corrected chi connectivity index (χ0v) is 10.1. The quantitative estimate of drug-likeness (QED) is 0.558. The minimum Gasteiger partial charge on any atom is -0.491 e. The van der Waals surface area contributed by atoms with Crippen molar-refractivity contribution in [2.45, 2.75) is 33.3 Å². The number of aldehydes is 1. The zero-order chi connectivity index (χ0) is 12.0. The van der Waals surface area contributed by atoms with Crippen molar-refractivity contribution in [1.29, 1.82) is 0 Å². The van der Waals surface area contributed by atoms with Crippen LogP contribution in [-0.4, -0.2) is 12.4 Å². The highest BCUT2D eigenvalue weighted by Crippen LogP contribution is 2.16. The molecule has 2 nitrogen and oxygen atoms in total. The number of rotatable bonds is 5. The van der Waals surface area contributed by atoms with Crippen molar-refractivity contribution in [3.8, 4) is 5.75 Å². The molecule has 0 unspecified atom stereocenters. The van der Waals surface area contributed by atoms with Gasteiger partial charge in [-0.05, 0) is 49.6 Å². The number of hydrogen-bond acceptors (Lipinski definition) is 2. The van der Waals surface area contributed by atoms with Crippen LogP contribution >= 0.6 is 0 Å². The Morgan fingerprint density at radius 1 is 1.31 bits per heavy atom. The van der Waals surface area contributed by atoms with E-state index in [0.29, 0.717) is 0 Å². The predicted octanol–water partition coefficient (Wildman–Crippen LogP) is 3.47. The number of carbonyl (C=O) groups is 1. The first-order chi connectivity index (χ1) is 7.65. The van der Waals surface area contributed by atoms with Gasteiger partial charge in [0.1, 0.15) is 12.0 Å². The lowest BCUT2D eigenvalue weighted by Gasteiger charge is -2.09. The molecule has 2 heteroatoms. The molecule has 1 aromatic carbocycles. The highest BCUT2D eigenvalue weighted by atomic mass is 16.5. The molecule has 0 spiro atoms. The highest BCUT2D eigenvalue weighted by molar-refractivity contribution is 5.81. The fraction of sp³-hybridized carbons (Fsp3) is 0.357. The van der Waals surface area contributed by atoms with E-state index in [4.69, 9.17) is 4.74 Å². The lowest BCUT2D eigenvalue weighted by Crippen LogP contribution is -2.05. The standard InChI is InChI=1S/C14H18O2/c1-4-12(10-15)9-13-5-7-14(8-6-13)16-11(2)3/h5-11H,4H2,1-3H3. The summed E-state index contributed by atoms with van der Waals surface area (Å²) in [4.78, 5) is 10.7. The summed E-state index contributed by atoms with van der Waals surface area (Å²) in [5.74, 6) is 0.858. The Kier molecular flexibility index (Phi) is 4.77. The molecule has 0 aliphatic carbocycles. The molecule has 0 aliphatic rings. The second-order valence-corrected chi connectivity index (χ2v) is 3.93. The van der Waals surface area contributed by atoms with Gasteiger partial charge in [-0.1, -0.05) is 19.1 Å². The van der Waals surface area contributed by atoms with Crippen molar-refractivity contribution in [3.63, 3.8) is 0 Å². The van der Waals surface area contributed by atoms with E-state index in [1.54, 1.807) is 0 Å². The summed E-state index contributed by atoms with van der Waals surface area (Å²) < 4.78 is 5.54. The Morgan fingerprint density at radius 3 is 2.38 bits per heavy atom. The van der Waals surface area contributed by atoms with Crippen LogP contribution in [0.5, 0.6) is 5.75 Å². The predicted molar refractivity (Wildman–Crippen MR) is 66.5 cm³/mol. The summed E-state index contributed by atoms with van der Waals surface area (Å²) in [6.45, 7) is 5.96. The SMILES string of the molecule is CCC(C=O)=Cc1ccc(OC(C)C)cc1. The van der Waals surface area contributed by atoms with Gasteiger partial charge in [0.2, 0.25) is 0 Å². The van der Waals surface area contributed by atoms with E-state index in [1.165, 1.54) is 0 Å². The first-order valence-electron chi connectivity index (χ1n) is 5.58. The van der Waals surface area contributed by atoms with E-state index >= 15 is 0 Å². The maximum absolute atomic E-state index is 10.7. The van der Waals surface area contributed by atoms with Crippen LogP contribution in [0.4, 0.5) is 0 Å². The van der Waals surface area contributed by atoms with Gasteiger partial charge >= 0.3 is 0 Å². The lowest BCUT2D eigenvalue weighted by atomic mass is 10.1. The topological polar surface area (TPSA) is 26.3 Å². The van der Waals surface area contributed by atoms with Gasteiger partial charge in [0.15, 0.2) is 0 Å². The minimum absolute atomic E-state index is 0.183. The molecule has 1 rings (SSSR count). The van der Waals surface area contributed by atoms with E-state index in [2.05, 4.69) is 0 Å². The molecule has 0 saturated heterocycles.